The number of hydrogen-bond donors (Lipinski definition) is 2. The SMILES string of the molecule is CC1CC(CN)CN1C(=O)C1(NS(=O)(=O)c2cccc(F)c2)CCCCC1. The molecule has 1 amide bonds. The van der Waals surface area contributed by atoms with Gasteiger partial charge in [-0.2, -0.15) is 4.72 Å². The van der Waals surface area contributed by atoms with Crippen molar-refractivity contribution >= 4 is 15.9 Å². The molecule has 1 aliphatic carbocycles. The number of likely N-dealkylation sites (tertiary alicyclic amines) is 1. The molecule has 0 radical (unpaired) electrons. The third-order valence-corrected chi connectivity index (χ3v) is 7.34. The number of hydrogen-bond acceptors (Lipinski definition) is 4. The number of nitrogens with zero attached hydrogens (tertiary/aromatic N) is 1. The van der Waals surface area contributed by atoms with Gasteiger partial charge in [-0.15, -0.1) is 0 Å². The number of carbonyl (C=O) groups is 1. The van der Waals surface area contributed by atoms with Crippen molar-refractivity contribution < 1.29 is 17.6 Å². The third-order valence-electron chi connectivity index (χ3n) is 5.81. The fraction of sp³-hybridized carbons (Fsp3) is 0.632. The third kappa shape index (κ3) is 4.17. The summed E-state index contributed by atoms with van der Waals surface area (Å²) in [4.78, 5) is 15.1. The first-order valence-corrected chi connectivity index (χ1v) is 11.1. The Morgan fingerprint density at radius 2 is 2.04 bits per heavy atom. The molecule has 2 aliphatic rings. The Balaban J connectivity index is 1.90. The van der Waals surface area contributed by atoms with Gasteiger partial charge >= 0.3 is 0 Å². The van der Waals surface area contributed by atoms with E-state index in [9.17, 15) is 17.6 Å². The minimum Gasteiger partial charge on any atom is -0.338 e. The minimum absolute atomic E-state index is 0.0310. The maximum atomic E-state index is 13.5. The van der Waals surface area contributed by atoms with Crippen LogP contribution in [0.4, 0.5) is 4.39 Å². The monoisotopic (exact) mass is 397 g/mol. The van der Waals surface area contributed by atoms with Crippen molar-refractivity contribution in [1.29, 1.82) is 0 Å². The van der Waals surface area contributed by atoms with Gasteiger partial charge in [-0.25, -0.2) is 12.8 Å². The predicted octanol–water partition coefficient (Wildman–Crippen LogP) is 2.00. The van der Waals surface area contributed by atoms with Gasteiger partial charge in [0.25, 0.3) is 0 Å². The van der Waals surface area contributed by atoms with Crippen LogP contribution in [0.25, 0.3) is 0 Å². The summed E-state index contributed by atoms with van der Waals surface area (Å²) in [6, 6.07) is 4.90. The lowest BCUT2D eigenvalue weighted by Crippen LogP contribution is -2.61. The van der Waals surface area contributed by atoms with Crippen LogP contribution in [0.2, 0.25) is 0 Å². The van der Waals surface area contributed by atoms with E-state index in [4.69, 9.17) is 5.73 Å². The highest BCUT2D eigenvalue weighted by molar-refractivity contribution is 7.89. The molecule has 150 valence electrons. The lowest BCUT2D eigenvalue weighted by molar-refractivity contribution is -0.139. The Morgan fingerprint density at radius 1 is 1.33 bits per heavy atom. The first-order chi connectivity index (χ1) is 12.8. The molecular weight excluding hydrogens is 369 g/mol. The molecule has 1 saturated heterocycles. The number of benzene rings is 1. The van der Waals surface area contributed by atoms with Crippen molar-refractivity contribution in [3.05, 3.63) is 30.1 Å². The van der Waals surface area contributed by atoms with Crippen LogP contribution in [0.5, 0.6) is 0 Å². The molecule has 27 heavy (non-hydrogen) atoms. The Morgan fingerprint density at radius 3 is 2.63 bits per heavy atom. The molecule has 1 heterocycles. The number of carbonyl (C=O) groups excluding carboxylic acids is 1. The van der Waals surface area contributed by atoms with Gasteiger partial charge in [-0.05, 0) is 56.8 Å². The topological polar surface area (TPSA) is 92.5 Å². The van der Waals surface area contributed by atoms with Gasteiger partial charge in [-0.1, -0.05) is 25.3 Å². The van der Waals surface area contributed by atoms with Crippen molar-refractivity contribution in [3.63, 3.8) is 0 Å². The number of rotatable bonds is 5. The van der Waals surface area contributed by atoms with Gasteiger partial charge in [0, 0.05) is 12.6 Å². The Labute approximate surface area is 160 Å². The van der Waals surface area contributed by atoms with Crippen molar-refractivity contribution in [1.82, 2.24) is 9.62 Å². The first kappa shape index (κ1) is 20.2. The van der Waals surface area contributed by atoms with Gasteiger partial charge in [0.1, 0.15) is 11.4 Å². The summed E-state index contributed by atoms with van der Waals surface area (Å²) in [5, 5.41) is 0. The largest absolute Gasteiger partial charge is 0.338 e. The van der Waals surface area contributed by atoms with Crippen LogP contribution in [0.1, 0.15) is 45.4 Å². The van der Waals surface area contributed by atoms with Crippen molar-refractivity contribution in [2.75, 3.05) is 13.1 Å². The predicted molar refractivity (Wildman–Crippen MR) is 101 cm³/mol. The van der Waals surface area contributed by atoms with Crippen LogP contribution < -0.4 is 10.5 Å². The molecule has 3 N–H and O–H groups in total. The van der Waals surface area contributed by atoms with Crippen LogP contribution in [-0.4, -0.2) is 43.9 Å². The number of amides is 1. The molecule has 0 bridgehead atoms. The number of nitrogens with two attached hydrogens (primary N) is 1. The second-order valence-corrected chi connectivity index (χ2v) is 9.53. The summed E-state index contributed by atoms with van der Waals surface area (Å²) in [5.41, 5.74) is 4.61. The van der Waals surface area contributed by atoms with Crippen LogP contribution in [-0.2, 0) is 14.8 Å². The zero-order valence-corrected chi connectivity index (χ0v) is 16.5. The summed E-state index contributed by atoms with van der Waals surface area (Å²) < 4.78 is 42.0. The average molecular weight is 398 g/mol. The van der Waals surface area contributed by atoms with Crippen LogP contribution in [0, 0.1) is 11.7 Å². The summed E-state index contributed by atoms with van der Waals surface area (Å²) in [7, 11) is -4.01. The standard InChI is InChI=1S/C19H28FN3O3S/c1-14-10-15(12-21)13-23(14)18(24)19(8-3-2-4-9-19)22-27(25,26)17-7-5-6-16(20)11-17/h5-7,11,14-15,22H,2-4,8-10,12-13,21H2,1H3. The van der Waals surface area contributed by atoms with E-state index in [1.54, 1.807) is 4.90 Å². The maximum Gasteiger partial charge on any atom is 0.244 e. The van der Waals surface area contributed by atoms with E-state index < -0.39 is 21.4 Å². The van der Waals surface area contributed by atoms with Gasteiger partial charge in [0.15, 0.2) is 0 Å². The van der Waals surface area contributed by atoms with Crippen molar-refractivity contribution in [2.45, 2.75) is 61.9 Å². The quantitative estimate of drug-likeness (QED) is 0.795. The number of nitrogens with one attached hydrogen (secondary N) is 1. The van der Waals surface area contributed by atoms with E-state index in [0.717, 1.165) is 31.7 Å². The maximum absolute atomic E-state index is 13.5. The molecule has 2 atom stereocenters. The molecule has 0 spiro atoms. The second-order valence-electron chi connectivity index (χ2n) is 7.85. The van der Waals surface area contributed by atoms with E-state index in [0.29, 0.717) is 25.9 Å². The number of halogens is 1. The number of sulfonamides is 1. The Kier molecular flexibility index (Phi) is 5.88. The highest BCUT2D eigenvalue weighted by atomic mass is 32.2. The van der Waals surface area contributed by atoms with Gasteiger partial charge < -0.3 is 10.6 Å². The van der Waals surface area contributed by atoms with Crippen LogP contribution >= 0.6 is 0 Å². The fourth-order valence-corrected chi connectivity index (χ4v) is 5.79. The summed E-state index contributed by atoms with van der Waals surface area (Å²) >= 11 is 0. The lowest BCUT2D eigenvalue weighted by atomic mass is 9.81. The molecule has 2 fully saturated rings. The summed E-state index contributed by atoms with van der Waals surface area (Å²) in [5.74, 6) is -0.559. The highest BCUT2D eigenvalue weighted by Gasteiger charge is 2.47. The van der Waals surface area contributed by atoms with E-state index in [1.165, 1.54) is 18.2 Å². The molecule has 1 aromatic carbocycles. The molecule has 0 aromatic heterocycles. The molecule has 2 unspecified atom stereocenters. The average Bonchev–Trinajstić information content (AvgIpc) is 3.02. The molecule has 8 heteroatoms. The fourth-order valence-electron chi connectivity index (χ4n) is 4.34. The summed E-state index contributed by atoms with van der Waals surface area (Å²) in [6.45, 7) is 3.04. The molecular formula is C19H28FN3O3S. The molecule has 6 nitrogen and oxygen atoms in total. The molecule has 1 aromatic rings. The van der Waals surface area contributed by atoms with E-state index in [1.807, 2.05) is 6.92 Å². The Hall–Kier alpha value is -1.51. The second kappa shape index (κ2) is 7.85. The van der Waals surface area contributed by atoms with E-state index in [-0.39, 0.29) is 22.8 Å². The molecule has 1 aliphatic heterocycles. The van der Waals surface area contributed by atoms with Crippen molar-refractivity contribution in [3.8, 4) is 0 Å². The van der Waals surface area contributed by atoms with Gasteiger partial charge in [0.2, 0.25) is 15.9 Å². The molecule has 1 saturated carbocycles. The van der Waals surface area contributed by atoms with Crippen LogP contribution in [0.3, 0.4) is 0 Å². The normalized spacial score (nSPS) is 25.5. The van der Waals surface area contributed by atoms with Crippen LogP contribution in [0.15, 0.2) is 29.2 Å². The lowest BCUT2D eigenvalue weighted by Gasteiger charge is -2.40. The van der Waals surface area contributed by atoms with Gasteiger partial charge in [-0.3, -0.25) is 4.79 Å². The van der Waals surface area contributed by atoms with Crippen molar-refractivity contribution in [2.24, 2.45) is 11.7 Å². The van der Waals surface area contributed by atoms with Gasteiger partial charge in [0.05, 0.1) is 4.90 Å². The smallest absolute Gasteiger partial charge is 0.244 e. The first-order valence-electron chi connectivity index (χ1n) is 9.58. The van der Waals surface area contributed by atoms with E-state index in [2.05, 4.69) is 4.72 Å². The zero-order chi connectivity index (χ0) is 19.7. The minimum atomic E-state index is -4.01. The Bertz CT molecular complexity index is 793. The summed E-state index contributed by atoms with van der Waals surface area (Å²) in [6.07, 6.45) is 4.26. The zero-order valence-electron chi connectivity index (χ0n) is 15.7. The highest BCUT2D eigenvalue weighted by Crippen LogP contribution is 2.35. The van der Waals surface area contributed by atoms with E-state index >= 15 is 0 Å². The molecule has 3 rings (SSSR count).